The van der Waals surface area contributed by atoms with Crippen molar-refractivity contribution >= 4 is 41.7 Å². The van der Waals surface area contributed by atoms with Gasteiger partial charge < -0.3 is 0 Å². The Labute approximate surface area is 93.1 Å². The summed E-state index contributed by atoms with van der Waals surface area (Å²) in [7, 11) is 0. The summed E-state index contributed by atoms with van der Waals surface area (Å²) in [5.41, 5.74) is 0.587. The molecule has 0 bridgehead atoms. The Morgan fingerprint density at radius 1 is 1.31 bits per heavy atom. The molecule has 0 aliphatic rings. The molecule has 13 heavy (non-hydrogen) atoms. The van der Waals surface area contributed by atoms with Gasteiger partial charge in [0.2, 0.25) is 0 Å². The molecule has 1 aromatic rings. The molecule has 0 saturated heterocycles. The number of benzene rings is 1. The molecule has 1 nitrogen and oxygen atoms in total. The molecule has 0 radical (unpaired) electrons. The van der Waals surface area contributed by atoms with Gasteiger partial charge in [-0.2, -0.15) is 0 Å². The second-order valence-electron chi connectivity index (χ2n) is 2.06. The number of hydrogen-bond acceptors (Lipinski definition) is 1. The fourth-order valence-electron chi connectivity index (χ4n) is 0.829. The standard InChI is InChI=1S/C8H6ClFO.2ClH/c9-8(11)7-4-2-1-3-6(7)5-10;;/h1-4H,5H2;2*1H. The number of carbonyl (C=O) groups is 1. The summed E-state index contributed by atoms with van der Waals surface area (Å²) in [5.74, 6) is 0. The summed E-state index contributed by atoms with van der Waals surface area (Å²) in [6.45, 7) is -0.658. The van der Waals surface area contributed by atoms with Crippen LogP contribution in [0.25, 0.3) is 0 Å². The van der Waals surface area contributed by atoms with Crippen molar-refractivity contribution in [2.24, 2.45) is 0 Å². The molecule has 0 saturated carbocycles. The van der Waals surface area contributed by atoms with Crippen LogP contribution in [-0.2, 0) is 6.67 Å². The summed E-state index contributed by atoms with van der Waals surface area (Å²) < 4.78 is 12.1. The summed E-state index contributed by atoms with van der Waals surface area (Å²) in [4.78, 5) is 10.6. The van der Waals surface area contributed by atoms with Crippen LogP contribution in [0.1, 0.15) is 15.9 Å². The highest BCUT2D eigenvalue weighted by atomic mass is 35.5. The van der Waals surface area contributed by atoms with E-state index in [0.29, 0.717) is 5.56 Å². The lowest BCUT2D eigenvalue weighted by molar-refractivity contribution is 0.108. The molecule has 0 aliphatic carbocycles. The van der Waals surface area contributed by atoms with Crippen LogP contribution >= 0.6 is 36.4 Å². The normalized spacial score (nSPS) is 8.15. The molecule has 0 aromatic heterocycles. The van der Waals surface area contributed by atoms with Crippen LogP contribution in [0.3, 0.4) is 0 Å². The Bertz CT molecular complexity index is 278. The molecule has 1 rings (SSSR count). The summed E-state index contributed by atoms with van der Waals surface area (Å²) in [5, 5.41) is -0.613. The van der Waals surface area contributed by atoms with E-state index >= 15 is 0 Å². The Morgan fingerprint density at radius 2 is 1.85 bits per heavy atom. The van der Waals surface area contributed by atoms with Gasteiger partial charge in [-0.25, -0.2) is 4.39 Å². The largest absolute Gasteiger partial charge is 0.276 e. The van der Waals surface area contributed by atoms with Crippen LogP contribution in [0, 0.1) is 0 Å². The third kappa shape index (κ3) is 3.94. The lowest BCUT2D eigenvalue weighted by Crippen LogP contribution is -1.94. The molecule has 0 amide bonds. The van der Waals surface area contributed by atoms with E-state index in [4.69, 9.17) is 11.6 Å². The van der Waals surface area contributed by atoms with Crippen molar-refractivity contribution in [3.8, 4) is 0 Å². The average Bonchev–Trinajstić information content (AvgIpc) is 2.04. The third-order valence-corrected chi connectivity index (χ3v) is 1.58. The number of rotatable bonds is 2. The minimum atomic E-state index is -0.658. The smallest absolute Gasteiger partial charge is 0.252 e. The number of carbonyl (C=O) groups excluding carboxylic acids is 1. The van der Waals surface area contributed by atoms with Crippen molar-refractivity contribution in [3.05, 3.63) is 35.4 Å². The molecule has 0 N–H and O–H groups in total. The maximum atomic E-state index is 12.1. The minimum absolute atomic E-state index is 0. The second-order valence-corrected chi connectivity index (χ2v) is 2.41. The summed E-state index contributed by atoms with van der Waals surface area (Å²) in [6, 6.07) is 6.35. The van der Waals surface area contributed by atoms with Crippen LogP contribution < -0.4 is 0 Å². The van der Waals surface area contributed by atoms with Crippen LogP contribution in [0.2, 0.25) is 0 Å². The van der Waals surface area contributed by atoms with E-state index in [0.717, 1.165) is 0 Å². The molecule has 0 unspecified atom stereocenters. The zero-order valence-corrected chi connectivity index (χ0v) is 8.89. The Balaban J connectivity index is 0. The lowest BCUT2D eigenvalue weighted by atomic mass is 10.1. The first-order chi connectivity index (χ1) is 5.25. The van der Waals surface area contributed by atoms with Crippen LogP contribution in [0.15, 0.2) is 24.3 Å². The van der Waals surface area contributed by atoms with Crippen molar-refractivity contribution < 1.29 is 9.18 Å². The molecule has 74 valence electrons. The maximum Gasteiger partial charge on any atom is 0.252 e. The first-order valence-corrected chi connectivity index (χ1v) is 3.47. The molecule has 0 heterocycles. The van der Waals surface area contributed by atoms with Crippen molar-refractivity contribution in [3.63, 3.8) is 0 Å². The second kappa shape index (κ2) is 7.13. The first-order valence-electron chi connectivity index (χ1n) is 3.09. The third-order valence-electron chi connectivity index (χ3n) is 1.37. The van der Waals surface area contributed by atoms with Gasteiger partial charge in [0.05, 0.1) is 0 Å². The lowest BCUT2D eigenvalue weighted by Gasteiger charge is -1.98. The minimum Gasteiger partial charge on any atom is -0.276 e. The number of hydrogen-bond donors (Lipinski definition) is 0. The fraction of sp³-hybridized carbons (Fsp3) is 0.125. The van der Waals surface area contributed by atoms with Crippen molar-refractivity contribution in [1.82, 2.24) is 0 Å². The zero-order valence-electron chi connectivity index (χ0n) is 6.50. The SMILES string of the molecule is Cl.Cl.O=C(Cl)c1ccccc1CF. The summed E-state index contributed by atoms with van der Waals surface area (Å²) in [6.07, 6.45) is 0. The van der Waals surface area contributed by atoms with Gasteiger partial charge in [-0.05, 0) is 23.2 Å². The Kier molecular flexibility index (Phi) is 8.32. The Morgan fingerprint density at radius 3 is 2.23 bits per heavy atom. The van der Waals surface area contributed by atoms with Gasteiger partial charge in [0, 0.05) is 5.56 Å². The quantitative estimate of drug-likeness (QED) is 0.730. The highest BCUT2D eigenvalue weighted by Crippen LogP contribution is 2.12. The van der Waals surface area contributed by atoms with E-state index < -0.39 is 11.9 Å². The van der Waals surface area contributed by atoms with Gasteiger partial charge in [0.1, 0.15) is 6.67 Å². The van der Waals surface area contributed by atoms with Gasteiger partial charge >= 0.3 is 0 Å². The van der Waals surface area contributed by atoms with Gasteiger partial charge in [-0.1, -0.05) is 18.2 Å². The Hall–Kier alpha value is -0.310. The van der Waals surface area contributed by atoms with Gasteiger partial charge in [-0.3, -0.25) is 4.79 Å². The highest BCUT2D eigenvalue weighted by Gasteiger charge is 2.06. The van der Waals surface area contributed by atoms with Crippen LogP contribution in [-0.4, -0.2) is 5.24 Å². The molecule has 5 heteroatoms. The number of halogens is 4. The molecular weight excluding hydrogens is 237 g/mol. The molecule has 0 atom stereocenters. The molecular formula is C8H8Cl3FO. The van der Waals surface area contributed by atoms with E-state index in [9.17, 15) is 9.18 Å². The van der Waals surface area contributed by atoms with Gasteiger partial charge in [0.25, 0.3) is 5.24 Å². The topological polar surface area (TPSA) is 17.1 Å². The van der Waals surface area contributed by atoms with Gasteiger partial charge in [0.15, 0.2) is 0 Å². The monoisotopic (exact) mass is 244 g/mol. The summed E-state index contributed by atoms with van der Waals surface area (Å²) >= 11 is 5.18. The van der Waals surface area contributed by atoms with E-state index in [-0.39, 0.29) is 30.4 Å². The van der Waals surface area contributed by atoms with Crippen molar-refractivity contribution in [2.75, 3.05) is 0 Å². The molecule has 1 aromatic carbocycles. The van der Waals surface area contributed by atoms with E-state index in [1.807, 2.05) is 0 Å². The molecule has 0 fully saturated rings. The molecule has 0 aliphatic heterocycles. The van der Waals surface area contributed by atoms with E-state index in [1.165, 1.54) is 12.1 Å². The van der Waals surface area contributed by atoms with E-state index in [1.54, 1.807) is 12.1 Å². The highest BCUT2D eigenvalue weighted by molar-refractivity contribution is 6.67. The fourth-order valence-corrected chi connectivity index (χ4v) is 1.01. The van der Waals surface area contributed by atoms with Crippen LogP contribution in [0.5, 0.6) is 0 Å². The zero-order chi connectivity index (χ0) is 8.27. The van der Waals surface area contributed by atoms with E-state index in [2.05, 4.69) is 0 Å². The van der Waals surface area contributed by atoms with Crippen molar-refractivity contribution in [2.45, 2.75) is 6.67 Å². The average molecular weight is 246 g/mol. The molecule has 0 spiro atoms. The first kappa shape index (κ1) is 15.2. The maximum absolute atomic E-state index is 12.1. The van der Waals surface area contributed by atoms with Crippen molar-refractivity contribution in [1.29, 1.82) is 0 Å². The predicted octanol–water partition coefficient (Wildman–Crippen LogP) is 3.38. The van der Waals surface area contributed by atoms with Crippen LogP contribution in [0.4, 0.5) is 4.39 Å². The van der Waals surface area contributed by atoms with Gasteiger partial charge in [-0.15, -0.1) is 24.8 Å². The predicted molar refractivity (Wildman–Crippen MR) is 55.9 cm³/mol. The number of alkyl halides is 1.